The lowest BCUT2D eigenvalue weighted by atomic mass is 9.96. The molecule has 0 aliphatic heterocycles. The third kappa shape index (κ3) is 6.83. The molecule has 18 heavy (non-hydrogen) atoms. The van der Waals surface area contributed by atoms with Crippen LogP contribution in [-0.4, -0.2) is 0 Å². The monoisotopic (exact) mass is 246 g/mol. The second-order valence-corrected chi connectivity index (χ2v) is 5.58. The summed E-state index contributed by atoms with van der Waals surface area (Å²) in [7, 11) is 0. The Labute approximate surface area is 114 Å². The summed E-state index contributed by atoms with van der Waals surface area (Å²) in [5.41, 5.74) is 1.48. The van der Waals surface area contributed by atoms with Gasteiger partial charge in [0.15, 0.2) is 0 Å². The van der Waals surface area contributed by atoms with E-state index in [1.165, 1.54) is 63.4 Å². The highest BCUT2D eigenvalue weighted by molar-refractivity contribution is 5.18. The van der Waals surface area contributed by atoms with Crippen LogP contribution >= 0.6 is 0 Å². The van der Waals surface area contributed by atoms with Gasteiger partial charge in [0.25, 0.3) is 0 Å². The van der Waals surface area contributed by atoms with E-state index in [9.17, 15) is 0 Å². The first-order valence-electron chi connectivity index (χ1n) is 7.89. The highest BCUT2D eigenvalue weighted by atomic mass is 14.1. The molecule has 1 atom stereocenters. The van der Waals surface area contributed by atoms with Gasteiger partial charge in [0.2, 0.25) is 0 Å². The van der Waals surface area contributed by atoms with Crippen LogP contribution in [0.15, 0.2) is 30.3 Å². The third-order valence-electron chi connectivity index (χ3n) is 3.86. The molecule has 1 saturated carbocycles. The zero-order chi connectivity index (χ0) is 13.1. The van der Waals surface area contributed by atoms with Crippen molar-refractivity contribution in [3.63, 3.8) is 0 Å². The summed E-state index contributed by atoms with van der Waals surface area (Å²) in [5.74, 6) is 0.728. The normalized spacial score (nSPS) is 16.6. The van der Waals surface area contributed by atoms with Crippen molar-refractivity contribution in [1.82, 2.24) is 0 Å². The number of benzene rings is 1. The Morgan fingerprint density at radius 2 is 1.39 bits per heavy atom. The average Bonchev–Trinajstić information content (AvgIpc) is 2.48. The quantitative estimate of drug-likeness (QED) is 0.583. The molecule has 0 spiro atoms. The summed E-state index contributed by atoms with van der Waals surface area (Å²) in [6.45, 7) is 4.56. The minimum atomic E-state index is 0.728. The van der Waals surface area contributed by atoms with Crippen molar-refractivity contribution < 1.29 is 0 Å². The molecule has 1 aliphatic rings. The van der Waals surface area contributed by atoms with E-state index in [-0.39, 0.29) is 0 Å². The summed E-state index contributed by atoms with van der Waals surface area (Å²) in [5, 5.41) is 0. The summed E-state index contributed by atoms with van der Waals surface area (Å²) in [4.78, 5) is 0. The van der Waals surface area contributed by atoms with Gasteiger partial charge in [-0.25, -0.2) is 0 Å². The topological polar surface area (TPSA) is 0 Å². The van der Waals surface area contributed by atoms with Gasteiger partial charge in [-0.1, -0.05) is 95.5 Å². The number of unbranched alkanes of at least 4 members (excludes halogenated alkanes) is 1. The van der Waals surface area contributed by atoms with Gasteiger partial charge in [0.05, 0.1) is 0 Å². The van der Waals surface area contributed by atoms with Gasteiger partial charge in [-0.2, -0.15) is 0 Å². The maximum absolute atomic E-state index is 2.31. The molecule has 0 heterocycles. The molecular weight excluding hydrogens is 216 g/mol. The van der Waals surface area contributed by atoms with Crippen molar-refractivity contribution in [3.8, 4) is 0 Å². The third-order valence-corrected chi connectivity index (χ3v) is 3.86. The van der Waals surface area contributed by atoms with Gasteiger partial charge in [-0.15, -0.1) is 0 Å². The Balaban J connectivity index is 0.000000225. The van der Waals surface area contributed by atoms with Crippen LogP contribution in [0.25, 0.3) is 0 Å². The van der Waals surface area contributed by atoms with Gasteiger partial charge in [0.1, 0.15) is 0 Å². The van der Waals surface area contributed by atoms with Crippen molar-refractivity contribution >= 4 is 0 Å². The molecule has 0 radical (unpaired) electrons. The SMILES string of the molecule is C1CCCCC1.CCCCC(C)c1ccccc1. The van der Waals surface area contributed by atoms with Crippen molar-refractivity contribution in [2.75, 3.05) is 0 Å². The van der Waals surface area contributed by atoms with Crippen LogP contribution in [0.5, 0.6) is 0 Å². The van der Waals surface area contributed by atoms with Crippen molar-refractivity contribution in [3.05, 3.63) is 35.9 Å². The Hall–Kier alpha value is -0.780. The Bertz CT molecular complexity index is 260. The maximum Gasteiger partial charge on any atom is -0.0190 e. The molecule has 0 saturated heterocycles. The number of hydrogen-bond acceptors (Lipinski definition) is 0. The van der Waals surface area contributed by atoms with Crippen LogP contribution in [0.3, 0.4) is 0 Å². The van der Waals surface area contributed by atoms with E-state index in [2.05, 4.69) is 44.2 Å². The molecule has 1 aromatic carbocycles. The van der Waals surface area contributed by atoms with Crippen LogP contribution in [0.1, 0.15) is 83.1 Å². The number of rotatable bonds is 4. The highest BCUT2D eigenvalue weighted by Gasteiger charge is 2.02. The van der Waals surface area contributed by atoms with Crippen LogP contribution in [0, 0.1) is 0 Å². The van der Waals surface area contributed by atoms with Crippen LogP contribution in [0.4, 0.5) is 0 Å². The van der Waals surface area contributed by atoms with Crippen molar-refractivity contribution in [2.45, 2.75) is 77.6 Å². The minimum Gasteiger partial charge on any atom is -0.0654 e. The Kier molecular flexibility index (Phi) is 8.63. The summed E-state index contributed by atoms with van der Waals surface area (Å²) >= 11 is 0. The minimum absolute atomic E-state index is 0.728. The fourth-order valence-electron chi connectivity index (χ4n) is 2.52. The molecular formula is C18H30. The zero-order valence-corrected chi connectivity index (χ0v) is 12.3. The van der Waals surface area contributed by atoms with Gasteiger partial charge in [-0.05, 0) is 17.9 Å². The first kappa shape index (κ1) is 15.3. The Morgan fingerprint density at radius 3 is 1.83 bits per heavy atom. The lowest BCUT2D eigenvalue weighted by molar-refractivity contribution is 0.504. The first-order valence-corrected chi connectivity index (χ1v) is 7.89. The molecule has 0 N–H and O–H groups in total. The largest absolute Gasteiger partial charge is 0.0654 e. The predicted octanol–water partition coefficient (Wildman–Crippen LogP) is 6.32. The van der Waals surface area contributed by atoms with Crippen LogP contribution in [0.2, 0.25) is 0 Å². The second-order valence-electron chi connectivity index (χ2n) is 5.58. The predicted molar refractivity (Wildman–Crippen MR) is 82.1 cm³/mol. The van der Waals surface area contributed by atoms with Crippen LogP contribution < -0.4 is 0 Å². The highest BCUT2D eigenvalue weighted by Crippen LogP contribution is 2.20. The summed E-state index contributed by atoms with van der Waals surface area (Å²) in [6.07, 6.45) is 13.0. The molecule has 0 bridgehead atoms. The van der Waals surface area contributed by atoms with Gasteiger partial charge >= 0.3 is 0 Å². The van der Waals surface area contributed by atoms with Gasteiger partial charge < -0.3 is 0 Å². The van der Waals surface area contributed by atoms with E-state index in [1.807, 2.05) is 0 Å². The molecule has 102 valence electrons. The zero-order valence-electron chi connectivity index (χ0n) is 12.3. The van der Waals surface area contributed by atoms with Crippen LogP contribution in [-0.2, 0) is 0 Å². The van der Waals surface area contributed by atoms with E-state index in [0.29, 0.717) is 0 Å². The molecule has 1 fully saturated rings. The molecule has 0 nitrogen and oxygen atoms in total. The lowest BCUT2D eigenvalue weighted by Crippen LogP contribution is -1.92. The number of hydrogen-bond donors (Lipinski definition) is 0. The van der Waals surface area contributed by atoms with E-state index in [0.717, 1.165) is 5.92 Å². The molecule has 0 aromatic heterocycles. The van der Waals surface area contributed by atoms with E-state index in [4.69, 9.17) is 0 Å². The lowest BCUT2D eigenvalue weighted by Gasteiger charge is -2.10. The summed E-state index contributed by atoms with van der Waals surface area (Å²) < 4.78 is 0. The molecule has 1 aliphatic carbocycles. The second kappa shape index (κ2) is 10.2. The first-order chi connectivity index (χ1) is 8.84. The van der Waals surface area contributed by atoms with Crippen molar-refractivity contribution in [1.29, 1.82) is 0 Å². The molecule has 1 unspecified atom stereocenters. The average molecular weight is 246 g/mol. The van der Waals surface area contributed by atoms with Gasteiger partial charge in [-0.3, -0.25) is 0 Å². The van der Waals surface area contributed by atoms with Crippen molar-refractivity contribution in [2.24, 2.45) is 0 Å². The molecule has 2 rings (SSSR count). The molecule has 1 aromatic rings. The smallest absolute Gasteiger partial charge is 0.0190 e. The molecule has 0 heteroatoms. The maximum atomic E-state index is 2.31. The van der Waals surface area contributed by atoms with E-state index >= 15 is 0 Å². The molecule has 0 amide bonds. The van der Waals surface area contributed by atoms with Gasteiger partial charge in [0, 0.05) is 0 Å². The fraction of sp³-hybridized carbons (Fsp3) is 0.667. The standard InChI is InChI=1S/C12H18.C6H12/c1-3-4-8-11(2)12-9-6-5-7-10-12;1-2-4-6-5-3-1/h5-7,9-11H,3-4,8H2,1-2H3;1-6H2. The fourth-order valence-corrected chi connectivity index (χ4v) is 2.52. The summed E-state index contributed by atoms with van der Waals surface area (Å²) in [6, 6.07) is 10.8. The van der Waals surface area contributed by atoms with E-state index in [1.54, 1.807) is 0 Å². The Morgan fingerprint density at radius 1 is 0.889 bits per heavy atom. The van der Waals surface area contributed by atoms with E-state index < -0.39 is 0 Å².